The van der Waals surface area contributed by atoms with E-state index in [1.54, 1.807) is 38.2 Å². The fraction of sp³-hybridized carbons (Fsp3) is 0.250. The van der Waals surface area contributed by atoms with Gasteiger partial charge in [0.25, 0.3) is 10.0 Å². The van der Waals surface area contributed by atoms with Crippen molar-refractivity contribution in [3.8, 4) is 0 Å². The maximum absolute atomic E-state index is 12.1. The average Bonchev–Trinajstić information content (AvgIpc) is 2.76. The van der Waals surface area contributed by atoms with Crippen LogP contribution in [0.25, 0.3) is 0 Å². The van der Waals surface area contributed by atoms with Crippen LogP contribution >= 0.6 is 0 Å². The molecule has 0 fully saturated rings. The van der Waals surface area contributed by atoms with Crippen LogP contribution in [0, 0.1) is 0 Å². The number of hydrogen-bond donors (Lipinski definition) is 2. The van der Waals surface area contributed by atoms with Crippen LogP contribution in [0.2, 0.25) is 0 Å². The zero-order valence-corrected chi connectivity index (χ0v) is 11.4. The van der Waals surface area contributed by atoms with Gasteiger partial charge in [-0.1, -0.05) is 18.2 Å². The molecule has 7 heteroatoms. The molecule has 0 spiro atoms. The fourth-order valence-corrected chi connectivity index (χ4v) is 2.77. The molecule has 6 nitrogen and oxygen atoms in total. The number of sulfonamides is 1. The minimum atomic E-state index is -3.69. The largest absolute Gasteiger partial charge is 0.389 e. The van der Waals surface area contributed by atoms with E-state index in [1.807, 2.05) is 0 Å². The molecule has 2 rings (SSSR count). The van der Waals surface area contributed by atoms with Crippen molar-refractivity contribution < 1.29 is 13.5 Å². The summed E-state index contributed by atoms with van der Waals surface area (Å²) in [4.78, 5) is 0.0791. The molecule has 1 unspecified atom stereocenters. The highest BCUT2D eigenvalue weighted by molar-refractivity contribution is 7.92. The summed E-state index contributed by atoms with van der Waals surface area (Å²) in [7, 11) is -2.05. The number of para-hydroxylation sites is 1. The molecule has 0 aliphatic rings. The van der Waals surface area contributed by atoms with Gasteiger partial charge in [-0.15, -0.1) is 0 Å². The first-order chi connectivity index (χ1) is 8.90. The Hall–Kier alpha value is -1.86. The summed E-state index contributed by atoms with van der Waals surface area (Å²) in [5.74, 6) is 0. The molecule has 102 valence electrons. The predicted molar refractivity (Wildman–Crippen MR) is 71.1 cm³/mol. The Morgan fingerprint density at radius 3 is 2.63 bits per heavy atom. The van der Waals surface area contributed by atoms with Crippen LogP contribution in [0.5, 0.6) is 0 Å². The van der Waals surface area contributed by atoms with Crippen molar-refractivity contribution in [3.63, 3.8) is 0 Å². The number of rotatable bonds is 4. The Morgan fingerprint density at radius 2 is 2.05 bits per heavy atom. The monoisotopic (exact) mass is 281 g/mol. The highest BCUT2D eigenvalue weighted by atomic mass is 32.2. The van der Waals surface area contributed by atoms with Gasteiger partial charge in [0.2, 0.25) is 0 Å². The molecule has 0 saturated heterocycles. The molecular weight excluding hydrogens is 266 g/mol. The summed E-state index contributed by atoms with van der Waals surface area (Å²) in [6.07, 6.45) is 1.92. The molecule has 0 aliphatic heterocycles. The number of nitrogens with zero attached hydrogens (tertiary/aromatic N) is 2. The second-order valence-corrected chi connectivity index (χ2v) is 5.90. The maximum atomic E-state index is 12.1. The van der Waals surface area contributed by atoms with Gasteiger partial charge in [-0.3, -0.25) is 9.40 Å². The molecule has 2 N–H and O–H groups in total. The topological polar surface area (TPSA) is 84.2 Å². The summed E-state index contributed by atoms with van der Waals surface area (Å²) < 4.78 is 28.2. The van der Waals surface area contributed by atoms with E-state index in [0.29, 0.717) is 11.3 Å². The Balaban J connectivity index is 2.36. The minimum absolute atomic E-state index is 0.0791. The van der Waals surface area contributed by atoms with Crippen LogP contribution in [-0.4, -0.2) is 23.3 Å². The number of benzene rings is 1. The second-order valence-electron chi connectivity index (χ2n) is 4.22. The van der Waals surface area contributed by atoms with Gasteiger partial charge in [0, 0.05) is 18.8 Å². The summed E-state index contributed by atoms with van der Waals surface area (Å²) in [6.45, 7) is 1.58. The number of aryl methyl sites for hydroxylation is 1. The lowest BCUT2D eigenvalue weighted by Gasteiger charge is -2.13. The molecule has 0 aliphatic carbocycles. The lowest BCUT2D eigenvalue weighted by atomic mass is 10.1. The normalized spacial score (nSPS) is 13.2. The van der Waals surface area contributed by atoms with E-state index < -0.39 is 16.1 Å². The smallest absolute Gasteiger partial charge is 0.265 e. The summed E-state index contributed by atoms with van der Waals surface area (Å²) >= 11 is 0. The van der Waals surface area contributed by atoms with Crippen molar-refractivity contribution in [1.82, 2.24) is 9.78 Å². The van der Waals surface area contributed by atoms with Gasteiger partial charge in [-0.25, -0.2) is 8.42 Å². The standard InChI is InChI=1S/C12H15N3O3S/c1-9(16)11-5-3-4-6-12(11)14-19(17,18)10-7-13-15(2)8-10/h3-9,14,16H,1-2H3. The SMILES string of the molecule is CC(O)c1ccccc1NS(=O)(=O)c1cnn(C)c1. The van der Waals surface area contributed by atoms with Crippen molar-refractivity contribution in [2.24, 2.45) is 7.05 Å². The van der Waals surface area contributed by atoms with Gasteiger partial charge in [0.15, 0.2) is 0 Å². The van der Waals surface area contributed by atoms with E-state index in [2.05, 4.69) is 9.82 Å². The molecule has 0 saturated carbocycles. The number of aromatic nitrogens is 2. The molecule has 1 heterocycles. The lowest BCUT2D eigenvalue weighted by Crippen LogP contribution is -2.14. The van der Waals surface area contributed by atoms with E-state index >= 15 is 0 Å². The van der Waals surface area contributed by atoms with Gasteiger partial charge in [-0.2, -0.15) is 5.10 Å². The van der Waals surface area contributed by atoms with Crippen LogP contribution in [0.3, 0.4) is 0 Å². The van der Waals surface area contributed by atoms with Crippen molar-refractivity contribution in [3.05, 3.63) is 42.2 Å². The quantitative estimate of drug-likeness (QED) is 0.884. The Kier molecular flexibility index (Phi) is 3.59. The van der Waals surface area contributed by atoms with Crippen LogP contribution in [0.1, 0.15) is 18.6 Å². The molecule has 19 heavy (non-hydrogen) atoms. The Morgan fingerprint density at radius 1 is 1.37 bits per heavy atom. The summed E-state index contributed by atoms with van der Waals surface area (Å²) in [5, 5.41) is 13.5. The minimum Gasteiger partial charge on any atom is -0.389 e. The molecule has 0 radical (unpaired) electrons. The number of anilines is 1. The molecule has 1 aromatic heterocycles. The van der Waals surface area contributed by atoms with Gasteiger partial charge in [0.1, 0.15) is 4.90 Å². The first-order valence-corrected chi connectivity index (χ1v) is 7.17. The predicted octanol–water partition coefficient (Wildman–Crippen LogP) is 1.27. The van der Waals surface area contributed by atoms with Crippen molar-refractivity contribution in [1.29, 1.82) is 0 Å². The summed E-state index contributed by atoms with van der Waals surface area (Å²) in [6, 6.07) is 6.72. The van der Waals surface area contributed by atoms with Crippen molar-refractivity contribution in [2.45, 2.75) is 17.9 Å². The Labute approximate surface area is 111 Å². The number of nitrogens with one attached hydrogen (secondary N) is 1. The number of aliphatic hydroxyl groups is 1. The maximum Gasteiger partial charge on any atom is 0.265 e. The zero-order valence-electron chi connectivity index (χ0n) is 10.6. The van der Waals surface area contributed by atoms with Crippen LogP contribution in [-0.2, 0) is 17.1 Å². The van der Waals surface area contributed by atoms with E-state index in [-0.39, 0.29) is 4.90 Å². The fourth-order valence-electron chi connectivity index (χ4n) is 1.70. The van der Waals surface area contributed by atoms with E-state index in [4.69, 9.17) is 0 Å². The first-order valence-electron chi connectivity index (χ1n) is 5.68. The molecule has 1 atom stereocenters. The molecule has 2 aromatic rings. The van der Waals surface area contributed by atoms with Gasteiger partial charge < -0.3 is 5.11 Å². The van der Waals surface area contributed by atoms with E-state index in [1.165, 1.54) is 17.1 Å². The van der Waals surface area contributed by atoms with Gasteiger partial charge >= 0.3 is 0 Å². The van der Waals surface area contributed by atoms with Crippen molar-refractivity contribution in [2.75, 3.05) is 4.72 Å². The summed E-state index contributed by atoms with van der Waals surface area (Å²) in [5.41, 5.74) is 0.885. The van der Waals surface area contributed by atoms with Crippen LogP contribution in [0.4, 0.5) is 5.69 Å². The van der Waals surface area contributed by atoms with Crippen LogP contribution in [0.15, 0.2) is 41.6 Å². The van der Waals surface area contributed by atoms with E-state index in [0.717, 1.165) is 0 Å². The lowest BCUT2D eigenvalue weighted by molar-refractivity contribution is 0.200. The third-order valence-corrected chi connectivity index (χ3v) is 3.97. The van der Waals surface area contributed by atoms with Crippen LogP contribution < -0.4 is 4.72 Å². The number of hydrogen-bond acceptors (Lipinski definition) is 4. The number of aliphatic hydroxyl groups excluding tert-OH is 1. The highest BCUT2D eigenvalue weighted by Crippen LogP contribution is 2.24. The average molecular weight is 281 g/mol. The highest BCUT2D eigenvalue weighted by Gasteiger charge is 2.18. The molecule has 0 amide bonds. The molecular formula is C12H15N3O3S. The van der Waals surface area contributed by atoms with Crippen molar-refractivity contribution >= 4 is 15.7 Å². The molecule has 0 bridgehead atoms. The van der Waals surface area contributed by atoms with Gasteiger partial charge in [-0.05, 0) is 13.0 Å². The van der Waals surface area contributed by atoms with E-state index in [9.17, 15) is 13.5 Å². The second kappa shape index (κ2) is 5.02. The Bertz CT molecular complexity index is 677. The zero-order chi connectivity index (χ0) is 14.0. The first kappa shape index (κ1) is 13.6. The third kappa shape index (κ3) is 2.94. The van der Waals surface area contributed by atoms with Gasteiger partial charge in [0.05, 0.1) is 18.0 Å². The third-order valence-electron chi connectivity index (χ3n) is 2.65. The molecule has 1 aromatic carbocycles.